The van der Waals surface area contributed by atoms with Gasteiger partial charge in [0.1, 0.15) is 5.75 Å². The fraction of sp³-hybridized carbons (Fsp3) is 0.294. The number of carbonyl (C=O) groups is 1. The number of nitrogens with one attached hydrogen (secondary N) is 1. The van der Waals surface area contributed by atoms with Gasteiger partial charge < -0.3 is 10.1 Å². The molecule has 9 heteroatoms. The first kappa shape index (κ1) is 20.0. The Balaban J connectivity index is 2.07. The fourth-order valence-electron chi connectivity index (χ4n) is 2.32. The smallest absolute Gasteiger partial charge is 0.232 e. The van der Waals surface area contributed by atoms with E-state index >= 15 is 0 Å². The normalized spacial score (nSPS) is 11.0. The van der Waals surface area contributed by atoms with Crippen molar-refractivity contribution in [3.8, 4) is 5.75 Å². The summed E-state index contributed by atoms with van der Waals surface area (Å²) >= 11 is 5.99. The molecule has 0 atom stereocenters. The van der Waals surface area contributed by atoms with Crippen LogP contribution in [0.2, 0.25) is 5.02 Å². The molecule has 1 N–H and O–H groups in total. The van der Waals surface area contributed by atoms with E-state index in [-0.39, 0.29) is 18.9 Å². The Bertz CT molecular complexity index is 860. The van der Waals surface area contributed by atoms with Gasteiger partial charge in [0.15, 0.2) is 0 Å². The number of anilines is 1. The summed E-state index contributed by atoms with van der Waals surface area (Å²) in [6, 6.07) is 8.27. The van der Waals surface area contributed by atoms with Gasteiger partial charge in [-0.2, -0.15) is 0 Å². The molecule has 2 rings (SSSR count). The maximum Gasteiger partial charge on any atom is 0.232 e. The van der Waals surface area contributed by atoms with E-state index in [0.29, 0.717) is 23.0 Å². The van der Waals surface area contributed by atoms with Gasteiger partial charge in [-0.1, -0.05) is 11.6 Å². The largest absolute Gasteiger partial charge is 0.495 e. The quantitative estimate of drug-likeness (QED) is 0.737. The molecule has 0 aliphatic carbocycles. The molecule has 0 aliphatic rings. The average Bonchev–Trinajstić information content (AvgIpc) is 2.60. The minimum Gasteiger partial charge on any atom is -0.495 e. The Morgan fingerprint density at radius 3 is 2.58 bits per heavy atom. The molecule has 0 fully saturated rings. The van der Waals surface area contributed by atoms with Crippen molar-refractivity contribution < 1.29 is 17.9 Å². The van der Waals surface area contributed by atoms with E-state index in [4.69, 9.17) is 16.3 Å². The lowest BCUT2D eigenvalue weighted by Gasteiger charge is -2.24. The molecule has 0 unspecified atom stereocenters. The number of ether oxygens (including phenoxy) is 1. The number of hydrogen-bond donors (Lipinski definition) is 1. The van der Waals surface area contributed by atoms with Crippen LogP contribution in [0.5, 0.6) is 5.75 Å². The van der Waals surface area contributed by atoms with Gasteiger partial charge >= 0.3 is 0 Å². The van der Waals surface area contributed by atoms with Crippen molar-refractivity contribution in [2.24, 2.45) is 0 Å². The highest BCUT2D eigenvalue weighted by atomic mass is 35.5. The van der Waals surface area contributed by atoms with E-state index in [9.17, 15) is 13.2 Å². The van der Waals surface area contributed by atoms with Crippen LogP contribution >= 0.6 is 11.6 Å². The predicted octanol–water partition coefficient (Wildman–Crippen LogP) is 2.22. The first-order valence-electron chi connectivity index (χ1n) is 7.78. The molecule has 0 spiro atoms. The lowest BCUT2D eigenvalue weighted by molar-refractivity contribution is -0.121. The van der Waals surface area contributed by atoms with Crippen molar-refractivity contribution in [1.29, 1.82) is 0 Å². The average molecular weight is 398 g/mol. The van der Waals surface area contributed by atoms with E-state index in [1.54, 1.807) is 36.7 Å². The molecule has 0 saturated carbocycles. The molecule has 0 saturated heterocycles. The molecule has 1 heterocycles. The molecule has 1 amide bonds. The van der Waals surface area contributed by atoms with Gasteiger partial charge in [-0.3, -0.25) is 14.1 Å². The SMILES string of the molecule is COc1ccc(Cl)cc1N(CCC(=O)NCc1ccncc1)S(C)(=O)=O. The Morgan fingerprint density at radius 2 is 1.96 bits per heavy atom. The van der Waals surface area contributed by atoms with Gasteiger partial charge in [-0.05, 0) is 35.9 Å². The molecule has 0 radical (unpaired) electrons. The van der Waals surface area contributed by atoms with Crippen molar-refractivity contribution in [2.45, 2.75) is 13.0 Å². The zero-order valence-electron chi connectivity index (χ0n) is 14.5. The maximum atomic E-state index is 12.2. The number of halogens is 1. The zero-order valence-corrected chi connectivity index (χ0v) is 16.0. The molecule has 0 aliphatic heterocycles. The number of amides is 1. The lowest BCUT2D eigenvalue weighted by Crippen LogP contribution is -2.34. The van der Waals surface area contributed by atoms with Crippen LogP contribution in [-0.2, 0) is 21.4 Å². The molecule has 7 nitrogen and oxygen atoms in total. The van der Waals surface area contributed by atoms with Crippen molar-refractivity contribution >= 4 is 33.2 Å². The summed E-state index contributed by atoms with van der Waals surface area (Å²) in [4.78, 5) is 16.0. The maximum absolute atomic E-state index is 12.2. The van der Waals surface area contributed by atoms with Gasteiger partial charge in [-0.15, -0.1) is 0 Å². The van der Waals surface area contributed by atoms with Gasteiger partial charge in [0, 0.05) is 36.9 Å². The van der Waals surface area contributed by atoms with Crippen LogP contribution in [0, 0.1) is 0 Å². The lowest BCUT2D eigenvalue weighted by atomic mass is 10.2. The topological polar surface area (TPSA) is 88.6 Å². The Morgan fingerprint density at radius 1 is 1.27 bits per heavy atom. The number of rotatable bonds is 8. The molecule has 1 aromatic carbocycles. The summed E-state index contributed by atoms with van der Waals surface area (Å²) in [6.45, 7) is 0.318. The van der Waals surface area contributed by atoms with E-state index in [0.717, 1.165) is 16.1 Å². The molecule has 2 aromatic rings. The van der Waals surface area contributed by atoms with Crippen molar-refractivity contribution in [1.82, 2.24) is 10.3 Å². The van der Waals surface area contributed by atoms with Crippen LogP contribution in [0.4, 0.5) is 5.69 Å². The van der Waals surface area contributed by atoms with Gasteiger partial charge in [-0.25, -0.2) is 8.42 Å². The van der Waals surface area contributed by atoms with Gasteiger partial charge in [0.25, 0.3) is 0 Å². The highest BCUT2D eigenvalue weighted by Crippen LogP contribution is 2.32. The van der Waals surface area contributed by atoms with Crippen LogP contribution in [0.15, 0.2) is 42.7 Å². The molecule has 140 valence electrons. The summed E-state index contributed by atoms with van der Waals surface area (Å²) < 4.78 is 30.7. The number of methoxy groups -OCH3 is 1. The highest BCUT2D eigenvalue weighted by Gasteiger charge is 2.22. The Labute approximate surface area is 158 Å². The second-order valence-electron chi connectivity index (χ2n) is 5.53. The summed E-state index contributed by atoms with van der Waals surface area (Å²) in [5.74, 6) is 0.0912. The first-order valence-corrected chi connectivity index (χ1v) is 10.0. The van der Waals surface area contributed by atoms with E-state index in [2.05, 4.69) is 10.3 Å². The van der Waals surface area contributed by atoms with Crippen LogP contribution in [0.1, 0.15) is 12.0 Å². The number of sulfonamides is 1. The van der Waals surface area contributed by atoms with Crippen LogP contribution in [0.3, 0.4) is 0 Å². The number of nitrogens with zero attached hydrogens (tertiary/aromatic N) is 2. The Kier molecular flexibility index (Phi) is 6.82. The fourth-order valence-corrected chi connectivity index (χ4v) is 3.40. The van der Waals surface area contributed by atoms with Crippen LogP contribution < -0.4 is 14.4 Å². The molecule has 26 heavy (non-hydrogen) atoms. The molecule has 0 bridgehead atoms. The zero-order chi connectivity index (χ0) is 19.2. The van der Waals surface area contributed by atoms with E-state index in [1.165, 1.54) is 13.2 Å². The monoisotopic (exact) mass is 397 g/mol. The third kappa shape index (κ3) is 5.60. The predicted molar refractivity (Wildman–Crippen MR) is 101 cm³/mol. The number of aromatic nitrogens is 1. The molecular weight excluding hydrogens is 378 g/mol. The third-order valence-electron chi connectivity index (χ3n) is 3.59. The van der Waals surface area contributed by atoms with E-state index in [1.807, 2.05) is 0 Å². The third-order valence-corrected chi connectivity index (χ3v) is 5.01. The summed E-state index contributed by atoms with van der Waals surface area (Å²) in [5.41, 5.74) is 1.20. The summed E-state index contributed by atoms with van der Waals surface area (Å²) in [7, 11) is -2.18. The highest BCUT2D eigenvalue weighted by molar-refractivity contribution is 7.92. The number of benzene rings is 1. The van der Waals surface area contributed by atoms with Crippen LogP contribution in [0.25, 0.3) is 0 Å². The summed E-state index contributed by atoms with van der Waals surface area (Å²) in [5, 5.41) is 3.12. The molecular formula is C17H20ClN3O4S. The molecule has 1 aromatic heterocycles. The van der Waals surface area contributed by atoms with Crippen molar-refractivity contribution in [3.63, 3.8) is 0 Å². The minimum absolute atomic E-state index is 0.00613. The van der Waals surface area contributed by atoms with Crippen molar-refractivity contribution in [2.75, 3.05) is 24.2 Å². The number of hydrogen-bond acceptors (Lipinski definition) is 5. The number of pyridine rings is 1. The van der Waals surface area contributed by atoms with Crippen LogP contribution in [-0.4, -0.2) is 39.2 Å². The number of carbonyl (C=O) groups excluding carboxylic acids is 1. The summed E-state index contributed by atoms with van der Waals surface area (Å²) in [6.07, 6.45) is 4.34. The van der Waals surface area contributed by atoms with Crippen molar-refractivity contribution in [3.05, 3.63) is 53.3 Å². The second kappa shape index (κ2) is 8.86. The standard InChI is InChI=1S/C17H20ClN3O4S/c1-25-16-4-3-14(18)11-15(16)21(26(2,23)24)10-7-17(22)20-12-13-5-8-19-9-6-13/h3-6,8-9,11H,7,10,12H2,1-2H3,(H,20,22). The minimum atomic E-state index is -3.62. The first-order chi connectivity index (χ1) is 12.3. The second-order valence-corrected chi connectivity index (χ2v) is 7.88. The van der Waals surface area contributed by atoms with Gasteiger partial charge in [0.2, 0.25) is 15.9 Å². The Hall–Kier alpha value is -2.32. The van der Waals surface area contributed by atoms with Gasteiger partial charge in [0.05, 0.1) is 19.1 Å². The van der Waals surface area contributed by atoms with E-state index < -0.39 is 10.0 Å².